The number of rotatable bonds is 6. The average Bonchev–Trinajstić information content (AvgIpc) is 3.34. The van der Waals surface area contributed by atoms with E-state index in [9.17, 15) is 21.6 Å². The zero-order valence-corrected chi connectivity index (χ0v) is 21.5. The fourth-order valence-corrected chi connectivity index (χ4v) is 8.38. The topological polar surface area (TPSA) is 121 Å². The SMILES string of the molecule is CS(=O)(=O)N1CCN(C(=O)[C@H]2C[C@@H](c3ccccc3)CN(S(=O)(=O)c3ccc(CN)s3)C2)CC1. The van der Waals surface area contributed by atoms with Crippen LogP contribution >= 0.6 is 11.3 Å². The van der Waals surface area contributed by atoms with Crippen LogP contribution in [0, 0.1) is 5.92 Å². The third kappa shape index (κ3) is 5.37. The van der Waals surface area contributed by atoms with Gasteiger partial charge >= 0.3 is 0 Å². The first-order valence-electron chi connectivity index (χ1n) is 11.2. The summed E-state index contributed by atoms with van der Waals surface area (Å²) in [6.45, 7) is 1.77. The van der Waals surface area contributed by atoms with E-state index in [0.717, 1.165) is 21.8 Å². The number of hydrogen-bond donors (Lipinski definition) is 1. The van der Waals surface area contributed by atoms with Crippen LogP contribution in [-0.4, -0.2) is 81.8 Å². The van der Waals surface area contributed by atoms with E-state index in [1.54, 1.807) is 17.0 Å². The number of carbonyl (C=O) groups excluding carboxylic acids is 1. The van der Waals surface area contributed by atoms with Crippen molar-refractivity contribution >= 4 is 37.3 Å². The lowest BCUT2D eigenvalue weighted by atomic mass is 9.85. The molecule has 0 unspecified atom stereocenters. The van der Waals surface area contributed by atoms with E-state index in [2.05, 4.69) is 0 Å². The van der Waals surface area contributed by atoms with Gasteiger partial charge in [-0.1, -0.05) is 30.3 Å². The molecule has 1 amide bonds. The fraction of sp³-hybridized carbons (Fsp3) is 0.500. The van der Waals surface area contributed by atoms with E-state index in [-0.39, 0.29) is 42.2 Å². The van der Waals surface area contributed by atoms with Crippen LogP contribution in [0.4, 0.5) is 0 Å². The van der Waals surface area contributed by atoms with Crippen molar-refractivity contribution in [3.63, 3.8) is 0 Å². The monoisotopic (exact) mass is 526 g/mol. The predicted octanol–water partition coefficient (Wildman–Crippen LogP) is 1.10. The minimum Gasteiger partial charge on any atom is -0.340 e. The number of amides is 1. The van der Waals surface area contributed by atoms with Gasteiger partial charge in [0.2, 0.25) is 15.9 Å². The molecule has 2 atom stereocenters. The first-order chi connectivity index (χ1) is 16.1. The number of benzene rings is 1. The van der Waals surface area contributed by atoms with Crippen LogP contribution in [0.25, 0.3) is 0 Å². The van der Waals surface area contributed by atoms with Crippen LogP contribution in [0.1, 0.15) is 22.8 Å². The molecule has 0 radical (unpaired) electrons. The van der Waals surface area contributed by atoms with E-state index in [1.807, 2.05) is 30.3 Å². The number of nitrogens with zero attached hydrogens (tertiary/aromatic N) is 3. The zero-order chi connectivity index (χ0) is 24.5. The molecule has 9 nitrogen and oxygen atoms in total. The summed E-state index contributed by atoms with van der Waals surface area (Å²) in [4.78, 5) is 15.9. The summed E-state index contributed by atoms with van der Waals surface area (Å²) in [7, 11) is -7.08. The van der Waals surface area contributed by atoms with Crippen LogP contribution in [0.3, 0.4) is 0 Å². The Kier molecular flexibility index (Phi) is 7.46. The number of carbonyl (C=O) groups is 1. The first-order valence-corrected chi connectivity index (χ1v) is 15.3. The molecule has 12 heteroatoms. The van der Waals surface area contributed by atoms with Crippen LogP contribution in [-0.2, 0) is 31.4 Å². The van der Waals surface area contributed by atoms with Crippen molar-refractivity contribution in [2.24, 2.45) is 11.7 Å². The molecule has 34 heavy (non-hydrogen) atoms. The number of piperidine rings is 1. The maximum absolute atomic E-state index is 13.5. The van der Waals surface area contributed by atoms with Crippen molar-refractivity contribution in [3.05, 3.63) is 52.9 Å². The molecule has 2 aromatic rings. The molecule has 0 bridgehead atoms. The van der Waals surface area contributed by atoms with Gasteiger partial charge in [-0.25, -0.2) is 16.8 Å². The molecule has 1 aromatic carbocycles. The Bertz CT molecular complexity index is 1220. The van der Waals surface area contributed by atoms with Crippen molar-refractivity contribution in [2.75, 3.05) is 45.5 Å². The second-order valence-electron chi connectivity index (χ2n) is 8.77. The van der Waals surface area contributed by atoms with Crippen LogP contribution in [0.5, 0.6) is 0 Å². The highest BCUT2D eigenvalue weighted by Crippen LogP contribution is 2.35. The predicted molar refractivity (Wildman–Crippen MR) is 131 cm³/mol. The molecule has 4 rings (SSSR count). The summed E-state index contributed by atoms with van der Waals surface area (Å²) in [5.74, 6) is -0.750. The number of hydrogen-bond acceptors (Lipinski definition) is 7. The lowest BCUT2D eigenvalue weighted by Crippen LogP contribution is -2.54. The van der Waals surface area contributed by atoms with Gasteiger partial charge in [0, 0.05) is 50.7 Å². The van der Waals surface area contributed by atoms with Gasteiger partial charge in [-0.3, -0.25) is 4.79 Å². The van der Waals surface area contributed by atoms with E-state index in [0.29, 0.717) is 26.1 Å². The Balaban J connectivity index is 1.57. The Morgan fingerprint density at radius 1 is 0.971 bits per heavy atom. The van der Waals surface area contributed by atoms with Gasteiger partial charge in [-0.15, -0.1) is 11.3 Å². The summed E-state index contributed by atoms with van der Waals surface area (Å²) in [5, 5.41) is 0. The van der Waals surface area contributed by atoms with Crippen LogP contribution < -0.4 is 5.73 Å². The summed E-state index contributed by atoms with van der Waals surface area (Å²) >= 11 is 1.16. The molecule has 186 valence electrons. The van der Waals surface area contributed by atoms with Gasteiger partial charge in [-0.2, -0.15) is 8.61 Å². The highest BCUT2D eigenvalue weighted by molar-refractivity contribution is 7.91. The summed E-state index contributed by atoms with van der Waals surface area (Å²) < 4.78 is 53.6. The van der Waals surface area contributed by atoms with Crippen LogP contribution in [0.2, 0.25) is 0 Å². The van der Waals surface area contributed by atoms with Gasteiger partial charge in [0.15, 0.2) is 0 Å². The molecular formula is C22H30N4O5S3. The second-order valence-corrected chi connectivity index (χ2v) is 14.1. The van der Waals surface area contributed by atoms with E-state index < -0.39 is 26.0 Å². The van der Waals surface area contributed by atoms with Gasteiger partial charge in [-0.05, 0) is 30.0 Å². The molecule has 3 heterocycles. The highest BCUT2D eigenvalue weighted by atomic mass is 32.2. The van der Waals surface area contributed by atoms with E-state index >= 15 is 0 Å². The molecule has 0 saturated carbocycles. The first kappa shape index (κ1) is 25.3. The molecule has 0 aliphatic carbocycles. The largest absolute Gasteiger partial charge is 0.340 e. The Morgan fingerprint density at radius 3 is 2.24 bits per heavy atom. The molecule has 0 spiro atoms. The number of nitrogens with two attached hydrogens (primary N) is 1. The van der Waals surface area contributed by atoms with Gasteiger partial charge < -0.3 is 10.6 Å². The molecule has 2 aliphatic rings. The lowest BCUT2D eigenvalue weighted by molar-refractivity contribution is -0.138. The summed E-state index contributed by atoms with van der Waals surface area (Å²) in [6, 6.07) is 13.0. The number of sulfonamides is 2. The summed E-state index contributed by atoms with van der Waals surface area (Å²) in [5.41, 5.74) is 6.67. The Hall–Kier alpha value is -1.83. The maximum atomic E-state index is 13.5. The second kappa shape index (κ2) is 10.0. The fourth-order valence-electron chi connectivity index (χ4n) is 4.63. The zero-order valence-electron chi connectivity index (χ0n) is 19.0. The van der Waals surface area contributed by atoms with E-state index in [4.69, 9.17) is 5.73 Å². The summed E-state index contributed by atoms with van der Waals surface area (Å²) in [6.07, 6.45) is 1.71. The Morgan fingerprint density at radius 2 is 1.65 bits per heavy atom. The van der Waals surface area contributed by atoms with Crippen molar-refractivity contribution in [1.29, 1.82) is 0 Å². The molecule has 2 saturated heterocycles. The van der Waals surface area contributed by atoms with Crippen molar-refractivity contribution in [1.82, 2.24) is 13.5 Å². The third-order valence-corrected chi connectivity index (χ3v) is 11.2. The minimum absolute atomic E-state index is 0.104. The Labute approximate surface area is 205 Å². The van der Waals surface area contributed by atoms with Crippen molar-refractivity contribution < 1.29 is 21.6 Å². The molecule has 2 aliphatic heterocycles. The van der Waals surface area contributed by atoms with Gasteiger partial charge in [0.25, 0.3) is 10.0 Å². The molecular weight excluding hydrogens is 496 g/mol. The van der Waals surface area contributed by atoms with E-state index in [1.165, 1.54) is 14.9 Å². The minimum atomic E-state index is -3.78. The van der Waals surface area contributed by atoms with Gasteiger partial charge in [0.05, 0.1) is 12.2 Å². The quantitative estimate of drug-likeness (QED) is 0.602. The lowest BCUT2D eigenvalue weighted by Gasteiger charge is -2.40. The molecule has 1 aromatic heterocycles. The third-order valence-electron chi connectivity index (χ3n) is 6.49. The molecule has 2 fully saturated rings. The number of piperazine rings is 1. The maximum Gasteiger partial charge on any atom is 0.252 e. The van der Waals surface area contributed by atoms with Gasteiger partial charge in [0.1, 0.15) is 4.21 Å². The van der Waals surface area contributed by atoms with Crippen molar-refractivity contribution in [3.8, 4) is 0 Å². The number of thiophene rings is 1. The average molecular weight is 527 g/mol. The van der Waals surface area contributed by atoms with Crippen LogP contribution in [0.15, 0.2) is 46.7 Å². The smallest absolute Gasteiger partial charge is 0.252 e. The standard InChI is InChI=1S/C22H30N4O5S3/c1-33(28,29)25-11-9-24(10-12-25)22(27)19-13-18(17-5-3-2-4-6-17)15-26(16-19)34(30,31)21-8-7-20(14-23)32-21/h2-8,18-19H,9-16,23H2,1H3/t18-,19+/m1/s1. The highest BCUT2D eigenvalue weighted by Gasteiger charge is 2.40. The van der Waals surface area contributed by atoms with Crippen molar-refractivity contribution in [2.45, 2.75) is 23.1 Å². The molecule has 2 N–H and O–H groups in total. The normalized spacial score (nSPS) is 23.2.